The van der Waals surface area contributed by atoms with E-state index >= 15 is 0 Å². The quantitative estimate of drug-likeness (QED) is 0.691. The Bertz CT molecular complexity index is 463. The molecular weight excluding hydrogens is 242 g/mol. The monoisotopic (exact) mass is 261 g/mol. The average Bonchev–Trinajstić information content (AvgIpc) is 2.77. The van der Waals surface area contributed by atoms with Gasteiger partial charge in [-0.2, -0.15) is 0 Å². The van der Waals surface area contributed by atoms with Gasteiger partial charge in [0.25, 0.3) is 10.0 Å². The van der Waals surface area contributed by atoms with Gasteiger partial charge in [-0.1, -0.05) is 13.8 Å². The van der Waals surface area contributed by atoms with Gasteiger partial charge in [0.05, 0.1) is 18.3 Å². The highest BCUT2D eigenvalue weighted by Gasteiger charge is 2.29. The minimum atomic E-state index is -3.66. The van der Waals surface area contributed by atoms with Crippen LogP contribution in [0.3, 0.4) is 0 Å². The number of aryl methyl sites for hydroxylation is 1. The van der Waals surface area contributed by atoms with Crippen LogP contribution in [0.25, 0.3) is 0 Å². The lowest BCUT2D eigenvalue weighted by molar-refractivity contribution is 0.191. The Labute approximate surface area is 102 Å². The lowest BCUT2D eigenvalue weighted by Crippen LogP contribution is -2.48. The predicted molar refractivity (Wildman–Crippen MR) is 64.1 cm³/mol. The van der Waals surface area contributed by atoms with Crippen molar-refractivity contribution in [2.24, 2.45) is 0 Å². The van der Waals surface area contributed by atoms with E-state index in [4.69, 9.17) is 0 Å². The van der Waals surface area contributed by atoms with Crippen molar-refractivity contribution in [3.05, 3.63) is 12.0 Å². The molecule has 0 spiro atoms. The summed E-state index contributed by atoms with van der Waals surface area (Å²) in [4.78, 5) is 6.68. The topological polar surface area (TPSA) is 95.1 Å². The number of imidazole rings is 1. The number of aromatic nitrogens is 2. The van der Waals surface area contributed by atoms with Gasteiger partial charge in [-0.05, 0) is 13.3 Å². The van der Waals surface area contributed by atoms with E-state index in [2.05, 4.69) is 14.7 Å². The van der Waals surface area contributed by atoms with Gasteiger partial charge < -0.3 is 10.1 Å². The molecule has 6 nitrogen and oxygen atoms in total. The standard InChI is InChI=1S/C10H19N3O3S/c1-4-8-11-6-9(12-8)17(15,16)13-10(3,5-2)7-14/h6,13-14H,4-5,7H2,1-3H3,(H,11,12). The van der Waals surface area contributed by atoms with Crippen LogP contribution in [-0.4, -0.2) is 35.6 Å². The van der Waals surface area contributed by atoms with E-state index in [1.54, 1.807) is 6.92 Å². The van der Waals surface area contributed by atoms with E-state index in [9.17, 15) is 13.5 Å². The molecule has 1 aromatic rings. The number of H-pyrrole nitrogens is 1. The lowest BCUT2D eigenvalue weighted by Gasteiger charge is -2.26. The van der Waals surface area contributed by atoms with Crippen LogP contribution in [0.1, 0.15) is 33.0 Å². The smallest absolute Gasteiger partial charge is 0.258 e. The summed E-state index contributed by atoms with van der Waals surface area (Å²) in [6.07, 6.45) is 2.42. The van der Waals surface area contributed by atoms with Crippen molar-refractivity contribution in [3.8, 4) is 0 Å². The van der Waals surface area contributed by atoms with Crippen molar-refractivity contribution < 1.29 is 13.5 Å². The molecule has 7 heteroatoms. The average molecular weight is 261 g/mol. The molecule has 1 rings (SSSR count). The Morgan fingerprint density at radius 1 is 1.53 bits per heavy atom. The van der Waals surface area contributed by atoms with E-state index in [0.717, 1.165) is 0 Å². The molecule has 17 heavy (non-hydrogen) atoms. The SMILES string of the molecule is CCc1ncc(S(=O)(=O)NC(C)(CC)CO)[nH]1. The highest BCUT2D eigenvalue weighted by Crippen LogP contribution is 2.14. The number of nitrogens with zero attached hydrogens (tertiary/aromatic N) is 1. The molecule has 0 saturated heterocycles. The third kappa shape index (κ3) is 3.27. The second-order valence-corrected chi connectivity index (χ2v) is 5.88. The van der Waals surface area contributed by atoms with Crippen molar-refractivity contribution in [1.82, 2.24) is 14.7 Å². The van der Waals surface area contributed by atoms with Gasteiger partial charge in [-0.15, -0.1) is 0 Å². The first-order chi connectivity index (χ1) is 7.87. The number of rotatable bonds is 6. The number of nitrogens with one attached hydrogen (secondary N) is 2. The summed E-state index contributed by atoms with van der Waals surface area (Å²) in [6, 6.07) is 0. The normalized spacial score (nSPS) is 15.8. The molecule has 1 atom stereocenters. The van der Waals surface area contributed by atoms with Crippen molar-refractivity contribution >= 4 is 10.0 Å². The van der Waals surface area contributed by atoms with Gasteiger partial charge in [-0.3, -0.25) is 0 Å². The van der Waals surface area contributed by atoms with Gasteiger partial charge in [0.15, 0.2) is 5.03 Å². The van der Waals surface area contributed by atoms with Gasteiger partial charge in [0.2, 0.25) is 0 Å². The molecule has 0 saturated carbocycles. The minimum Gasteiger partial charge on any atom is -0.394 e. The highest BCUT2D eigenvalue weighted by molar-refractivity contribution is 7.89. The van der Waals surface area contributed by atoms with Crippen molar-refractivity contribution in [1.29, 1.82) is 0 Å². The molecule has 0 radical (unpaired) electrons. The maximum atomic E-state index is 12.0. The Morgan fingerprint density at radius 2 is 2.18 bits per heavy atom. The highest BCUT2D eigenvalue weighted by atomic mass is 32.2. The van der Waals surface area contributed by atoms with E-state index in [1.807, 2.05) is 13.8 Å². The van der Waals surface area contributed by atoms with Gasteiger partial charge >= 0.3 is 0 Å². The third-order valence-corrected chi connectivity index (χ3v) is 4.29. The summed E-state index contributed by atoms with van der Waals surface area (Å²) in [7, 11) is -3.66. The summed E-state index contributed by atoms with van der Waals surface area (Å²) in [5.74, 6) is 0.618. The molecule has 0 aliphatic rings. The van der Waals surface area contributed by atoms with Crippen LogP contribution < -0.4 is 4.72 Å². The fourth-order valence-corrected chi connectivity index (χ4v) is 2.67. The number of aromatic amines is 1. The first-order valence-corrected chi connectivity index (χ1v) is 7.04. The maximum absolute atomic E-state index is 12.0. The zero-order chi connectivity index (χ0) is 13.1. The van der Waals surface area contributed by atoms with Crippen LogP contribution in [0.15, 0.2) is 11.2 Å². The van der Waals surface area contributed by atoms with Crippen LogP contribution in [0.2, 0.25) is 0 Å². The Kier molecular flexibility index (Phi) is 4.29. The van der Waals surface area contributed by atoms with E-state index in [1.165, 1.54) is 6.20 Å². The van der Waals surface area contributed by atoms with Gasteiger partial charge in [0, 0.05) is 6.42 Å². The van der Waals surface area contributed by atoms with Gasteiger partial charge in [0.1, 0.15) is 5.82 Å². The van der Waals surface area contributed by atoms with Crippen molar-refractivity contribution in [2.75, 3.05) is 6.61 Å². The van der Waals surface area contributed by atoms with Crippen LogP contribution in [-0.2, 0) is 16.4 Å². The van der Waals surface area contributed by atoms with Crippen LogP contribution in [0, 0.1) is 0 Å². The summed E-state index contributed by atoms with van der Waals surface area (Å²) >= 11 is 0. The minimum absolute atomic E-state index is 0.0301. The first-order valence-electron chi connectivity index (χ1n) is 5.55. The molecule has 3 N–H and O–H groups in total. The van der Waals surface area contributed by atoms with E-state index in [0.29, 0.717) is 18.7 Å². The van der Waals surface area contributed by atoms with Crippen molar-refractivity contribution in [3.63, 3.8) is 0 Å². The molecule has 0 aromatic carbocycles. The number of sulfonamides is 1. The number of hydrogen-bond acceptors (Lipinski definition) is 4. The van der Waals surface area contributed by atoms with Crippen LogP contribution in [0.4, 0.5) is 0 Å². The van der Waals surface area contributed by atoms with E-state index in [-0.39, 0.29) is 11.6 Å². The van der Waals surface area contributed by atoms with Crippen molar-refractivity contribution in [2.45, 2.75) is 44.2 Å². The Morgan fingerprint density at radius 3 is 2.59 bits per heavy atom. The zero-order valence-corrected chi connectivity index (χ0v) is 11.1. The Hall–Kier alpha value is -0.920. The molecular formula is C10H19N3O3S. The summed E-state index contributed by atoms with van der Waals surface area (Å²) < 4.78 is 26.5. The lowest BCUT2D eigenvalue weighted by atomic mass is 10.0. The third-order valence-electron chi connectivity index (χ3n) is 2.74. The summed E-state index contributed by atoms with van der Waals surface area (Å²) in [5, 5.41) is 9.22. The molecule has 0 amide bonds. The predicted octanol–water partition coefficient (Wildman–Crippen LogP) is 0.411. The molecule has 0 bridgehead atoms. The number of aliphatic hydroxyl groups is 1. The van der Waals surface area contributed by atoms with Gasteiger partial charge in [-0.25, -0.2) is 18.1 Å². The van der Waals surface area contributed by atoms with E-state index < -0.39 is 15.6 Å². The molecule has 1 heterocycles. The number of hydrogen-bond donors (Lipinski definition) is 3. The maximum Gasteiger partial charge on any atom is 0.258 e. The van der Waals surface area contributed by atoms with Crippen LogP contribution in [0.5, 0.6) is 0 Å². The van der Waals surface area contributed by atoms with Crippen LogP contribution >= 0.6 is 0 Å². The Balaban J connectivity index is 2.96. The zero-order valence-electron chi connectivity index (χ0n) is 10.3. The molecule has 0 aliphatic heterocycles. The molecule has 1 unspecified atom stereocenters. The molecule has 0 fully saturated rings. The fraction of sp³-hybridized carbons (Fsp3) is 0.700. The fourth-order valence-electron chi connectivity index (χ4n) is 1.26. The summed E-state index contributed by atoms with van der Waals surface area (Å²) in [5.41, 5.74) is -0.851. The number of aliphatic hydroxyl groups excluding tert-OH is 1. The molecule has 98 valence electrons. The molecule has 1 aromatic heterocycles. The second kappa shape index (κ2) is 5.16. The largest absolute Gasteiger partial charge is 0.394 e. The second-order valence-electron chi connectivity index (χ2n) is 4.23. The first kappa shape index (κ1) is 14.1. The summed E-state index contributed by atoms with van der Waals surface area (Å²) in [6.45, 7) is 5.09. The molecule has 0 aliphatic carbocycles.